The topological polar surface area (TPSA) is 17.1 Å². The van der Waals surface area contributed by atoms with E-state index in [2.05, 4.69) is 0 Å². The first-order valence-corrected chi connectivity index (χ1v) is 4.76. The van der Waals surface area contributed by atoms with E-state index in [4.69, 9.17) is 11.6 Å². The molecule has 0 spiro atoms. The number of fused-ring (bicyclic) bond motifs is 1. The molecular weight excluding hydrogens is 184 g/mol. The van der Waals surface area contributed by atoms with Crippen molar-refractivity contribution in [3.63, 3.8) is 0 Å². The Morgan fingerprint density at radius 1 is 1.31 bits per heavy atom. The Hall–Kier alpha value is -0.820. The molecule has 13 heavy (non-hydrogen) atoms. The first-order valence-electron chi connectivity index (χ1n) is 4.33. The number of carbonyl (C=O) groups is 1. The predicted octanol–water partition coefficient (Wildman–Crippen LogP) is 3.19. The number of ketones is 1. The maximum Gasteiger partial charge on any atom is 0.170 e. The van der Waals surface area contributed by atoms with Crippen LogP contribution in [-0.2, 0) is 0 Å². The van der Waals surface area contributed by atoms with Gasteiger partial charge in [0.1, 0.15) is 0 Å². The molecule has 1 aromatic carbocycles. The standard InChI is InChI=1S/C11H11ClO/c1-11(2)9(12)7-5-3-4-6-8(7)10(11)13/h3-6,9H,1-2H3. The van der Waals surface area contributed by atoms with Crippen molar-refractivity contribution >= 4 is 17.4 Å². The second-order valence-corrected chi connectivity index (χ2v) is 4.44. The summed E-state index contributed by atoms with van der Waals surface area (Å²) in [4.78, 5) is 11.8. The molecule has 0 radical (unpaired) electrons. The van der Waals surface area contributed by atoms with E-state index in [1.165, 1.54) is 0 Å². The molecule has 1 nitrogen and oxygen atoms in total. The lowest BCUT2D eigenvalue weighted by Gasteiger charge is -2.19. The summed E-state index contributed by atoms with van der Waals surface area (Å²) in [6.07, 6.45) is 0. The van der Waals surface area contributed by atoms with Crippen molar-refractivity contribution < 1.29 is 4.79 Å². The molecule has 1 unspecified atom stereocenters. The second-order valence-electron chi connectivity index (χ2n) is 4.00. The molecule has 1 aromatic rings. The number of Topliss-reactive ketones (excluding diaryl/α,β-unsaturated/α-hetero) is 1. The van der Waals surface area contributed by atoms with Crippen LogP contribution in [0, 0.1) is 5.41 Å². The molecule has 0 fully saturated rings. The minimum Gasteiger partial charge on any atom is -0.293 e. The number of halogens is 1. The third-order valence-electron chi connectivity index (χ3n) is 2.70. The smallest absolute Gasteiger partial charge is 0.170 e. The summed E-state index contributed by atoms with van der Waals surface area (Å²) in [5.41, 5.74) is 1.30. The summed E-state index contributed by atoms with van der Waals surface area (Å²) in [6, 6.07) is 7.58. The minimum atomic E-state index is -0.453. The minimum absolute atomic E-state index is 0.156. The molecule has 2 rings (SSSR count). The normalized spacial score (nSPS) is 24.5. The lowest BCUT2D eigenvalue weighted by molar-refractivity contribution is 0.0859. The Kier molecular flexibility index (Phi) is 1.74. The van der Waals surface area contributed by atoms with Gasteiger partial charge in [-0.3, -0.25) is 4.79 Å². The monoisotopic (exact) mass is 194 g/mol. The largest absolute Gasteiger partial charge is 0.293 e. The van der Waals surface area contributed by atoms with Crippen molar-refractivity contribution in [3.8, 4) is 0 Å². The summed E-state index contributed by atoms with van der Waals surface area (Å²) in [5, 5.41) is -0.184. The molecule has 0 heterocycles. The number of rotatable bonds is 0. The van der Waals surface area contributed by atoms with Gasteiger partial charge in [-0.2, -0.15) is 0 Å². The second kappa shape index (κ2) is 2.58. The average Bonchev–Trinajstić information content (AvgIpc) is 2.30. The SMILES string of the molecule is CC1(C)C(=O)c2ccccc2C1Cl. The van der Waals surface area contributed by atoms with Crippen molar-refractivity contribution in [2.45, 2.75) is 19.2 Å². The molecule has 0 aromatic heterocycles. The third-order valence-corrected chi connectivity index (χ3v) is 3.48. The highest BCUT2D eigenvalue weighted by Gasteiger charge is 2.44. The predicted molar refractivity (Wildman–Crippen MR) is 53.1 cm³/mol. The molecule has 68 valence electrons. The molecule has 0 saturated carbocycles. The molecule has 2 heteroatoms. The molecule has 1 aliphatic carbocycles. The Labute approximate surface area is 82.7 Å². The fraction of sp³-hybridized carbons (Fsp3) is 0.364. The van der Waals surface area contributed by atoms with Gasteiger partial charge in [0.15, 0.2) is 5.78 Å². The first-order chi connectivity index (χ1) is 6.05. The number of carbonyl (C=O) groups excluding carboxylic acids is 1. The Morgan fingerprint density at radius 2 is 1.92 bits per heavy atom. The molecule has 0 amide bonds. The van der Waals surface area contributed by atoms with Crippen LogP contribution in [0.2, 0.25) is 0 Å². The zero-order valence-electron chi connectivity index (χ0n) is 7.67. The summed E-state index contributed by atoms with van der Waals surface area (Å²) in [6.45, 7) is 3.79. The fourth-order valence-corrected chi connectivity index (χ4v) is 2.07. The van der Waals surface area contributed by atoms with E-state index in [1.54, 1.807) is 0 Å². The van der Waals surface area contributed by atoms with Crippen LogP contribution >= 0.6 is 11.6 Å². The molecule has 0 saturated heterocycles. The number of benzene rings is 1. The quantitative estimate of drug-likeness (QED) is 0.580. The number of hydrogen-bond acceptors (Lipinski definition) is 1. The zero-order valence-corrected chi connectivity index (χ0v) is 8.43. The van der Waals surface area contributed by atoms with Crippen molar-refractivity contribution in [1.82, 2.24) is 0 Å². The molecular formula is C11H11ClO. The summed E-state index contributed by atoms with van der Waals surface area (Å²) in [5.74, 6) is 0.156. The van der Waals surface area contributed by atoms with Crippen LogP contribution in [0.25, 0.3) is 0 Å². The Morgan fingerprint density at radius 3 is 2.54 bits per heavy atom. The van der Waals surface area contributed by atoms with Crippen LogP contribution in [0.4, 0.5) is 0 Å². The first kappa shape index (κ1) is 8.76. The van der Waals surface area contributed by atoms with Gasteiger partial charge in [0.2, 0.25) is 0 Å². The van der Waals surface area contributed by atoms with E-state index >= 15 is 0 Å². The van der Waals surface area contributed by atoms with Crippen LogP contribution < -0.4 is 0 Å². The maximum atomic E-state index is 11.8. The van der Waals surface area contributed by atoms with Gasteiger partial charge < -0.3 is 0 Å². The van der Waals surface area contributed by atoms with Crippen LogP contribution in [0.15, 0.2) is 24.3 Å². The summed E-state index contributed by atoms with van der Waals surface area (Å²) < 4.78 is 0. The van der Waals surface area contributed by atoms with Crippen LogP contribution in [0.1, 0.15) is 35.1 Å². The van der Waals surface area contributed by atoms with Crippen molar-refractivity contribution in [2.75, 3.05) is 0 Å². The maximum absolute atomic E-state index is 11.8. The lowest BCUT2D eigenvalue weighted by Crippen LogP contribution is -2.20. The van der Waals surface area contributed by atoms with Gasteiger partial charge in [-0.05, 0) is 5.56 Å². The van der Waals surface area contributed by atoms with E-state index in [0.29, 0.717) is 0 Å². The number of hydrogen-bond donors (Lipinski definition) is 0. The summed E-state index contributed by atoms with van der Waals surface area (Å²) in [7, 11) is 0. The Bertz CT molecular complexity index is 368. The van der Waals surface area contributed by atoms with Gasteiger partial charge in [0.05, 0.1) is 5.38 Å². The number of alkyl halides is 1. The highest BCUT2D eigenvalue weighted by Crippen LogP contribution is 2.48. The van der Waals surface area contributed by atoms with Crippen LogP contribution in [-0.4, -0.2) is 5.78 Å². The fourth-order valence-electron chi connectivity index (χ4n) is 1.78. The average molecular weight is 195 g/mol. The molecule has 0 N–H and O–H groups in total. The molecule has 1 aliphatic rings. The van der Waals surface area contributed by atoms with Crippen LogP contribution in [0.5, 0.6) is 0 Å². The molecule has 1 atom stereocenters. The van der Waals surface area contributed by atoms with E-state index in [1.807, 2.05) is 38.1 Å². The van der Waals surface area contributed by atoms with Gasteiger partial charge >= 0.3 is 0 Å². The summed E-state index contributed by atoms with van der Waals surface area (Å²) >= 11 is 6.21. The van der Waals surface area contributed by atoms with Gasteiger partial charge in [-0.1, -0.05) is 38.1 Å². The molecule has 0 aliphatic heterocycles. The highest BCUT2D eigenvalue weighted by molar-refractivity contribution is 6.27. The third kappa shape index (κ3) is 1.03. The van der Waals surface area contributed by atoms with Gasteiger partial charge in [0, 0.05) is 11.0 Å². The molecule has 0 bridgehead atoms. The van der Waals surface area contributed by atoms with Gasteiger partial charge in [0.25, 0.3) is 0 Å². The highest BCUT2D eigenvalue weighted by atomic mass is 35.5. The van der Waals surface area contributed by atoms with Crippen molar-refractivity contribution in [1.29, 1.82) is 0 Å². The van der Waals surface area contributed by atoms with E-state index in [9.17, 15) is 4.79 Å². The van der Waals surface area contributed by atoms with Crippen molar-refractivity contribution in [2.24, 2.45) is 5.41 Å². The Balaban J connectivity index is 2.64. The van der Waals surface area contributed by atoms with E-state index < -0.39 is 5.41 Å². The van der Waals surface area contributed by atoms with Crippen molar-refractivity contribution in [3.05, 3.63) is 35.4 Å². The van der Waals surface area contributed by atoms with Gasteiger partial charge in [-0.25, -0.2) is 0 Å². The van der Waals surface area contributed by atoms with Gasteiger partial charge in [-0.15, -0.1) is 11.6 Å². The zero-order chi connectivity index (χ0) is 9.64. The van der Waals surface area contributed by atoms with Crippen LogP contribution in [0.3, 0.4) is 0 Å². The van der Waals surface area contributed by atoms with E-state index in [0.717, 1.165) is 11.1 Å². The lowest BCUT2D eigenvalue weighted by atomic mass is 9.88. The van der Waals surface area contributed by atoms with E-state index in [-0.39, 0.29) is 11.2 Å².